The fourth-order valence-electron chi connectivity index (χ4n) is 3.30. The lowest BCUT2D eigenvalue weighted by Gasteiger charge is -2.26. The highest BCUT2D eigenvalue weighted by atomic mass is 35.5. The van der Waals surface area contributed by atoms with Gasteiger partial charge in [-0.15, -0.1) is 0 Å². The predicted octanol–water partition coefficient (Wildman–Crippen LogP) is 4.43. The van der Waals surface area contributed by atoms with Crippen LogP contribution < -0.4 is 19.1 Å². The van der Waals surface area contributed by atoms with Crippen molar-refractivity contribution in [2.45, 2.75) is 17.9 Å². The van der Waals surface area contributed by atoms with E-state index in [0.29, 0.717) is 11.5 Å². The van der Waals surface area contributed by atoms with Gasteiger partial charge >= 0.3 is 0 Å². The molecule has 3 aromatic carbocycles. The van der Waals surface area contributed by atoms with Gasteiger partial charge in [-0.2, -0.15) is 0 Å². The lowest BCUT2D eigenvalue weighted by Crippen LogP contribution is -2.41. The van der Waals surface area contributed by atoms with E-state index in [1.165, 1.54) is 19.2 Å². The smallest absolute Gasteiger partial charge is 0.264 e. The Hall–Kier alpha value is -3.23. The molecule has 0 saturated carbocycles. The van der Waals surface area contributed by atoms with Crippen molar-refractivity contribution >= 4 is 33.2 Å². The van der Waals surface area contributed by atoms with E-state index in [9.17, 15) is 13.2 Å². The summed E-state index contributed by atoms with van der Waals surface area (Å²) in [6.45, 7) is 1.35. The number of methoxy groups -OCH3 is 2. The molecule has 3 aromatic rings. The lowest BCUT2D eigenvalue weighted by molar-refractivity contribution is -0.120. The van der Waals surface area contributed by atoms with Gasteiger partial charge in [0.15, 0.2) is 11.5 Å². The molecule has 0 fully saturated rings. The summed E-state index contributed by atoms with van der Waals surface area (Å²) in [5, 5.41) is 3.06. The second-order valence-corrected chi connectivity index (χ2v) is 9.45. The largest absolute Gasteiger partial charge is 0.493 e. The second-order valence-electron chi connectivity index (χ2n) is 7.18. The molecule has 1 amide bonds. The number of halogens is 1. The number of rotatable bonds is 9. The van der Waals surface area contributed by atoms with Gasteiger partial charge < -0.3 is 14.8 Å². The van der Waals surface area contributed by atoms with E-state index in [0.717, 1.165) is 9.87 Å². The molecule has 0 aromatic heterocycles. The van der Waals surface area contributed by atoms with E-state index < -0.39 is 28.5 Å². The Morgan fingerprint density at radius 2 is 1.61 bits per heavy atom. The Kier molecular flexibility index (Phi) is 7.84. The number of nitrogens with zero attached hydrogens (tertiary/aromatic N) is 1. The average molecular weight is 489 g/mol. The molecule has 0 bridgehead atoms. The summed E-state index contributed by atoms with van der Waals surface area (Å²) in [7, 11) is -0.971. The molecular weight excluding hydrogens is 464 g/mol. The molecule has 7 nitrogen and oxygen atoms in total. The van der Waals surface area contributed by atoms with Crippen molar-refractivity contribution in [1.29, 1.82) is 0 Å². The number of ether oxygens (including phenoxy) is 2. The molecule has 0 radical (unpaired) electrons. The van der Waals surface area contributed by atoms with Gasteiger partial charge in [0.25, 0.3) is 10.0 Å². The molecule has 1 N–H and O–H groups in total. The first-order valence-corrected chi connectivity index (χ1v) is 11.9. The first-order chi connectivity index (χ1) is 15.8. The van der Waals surface area contributed by atoms with E-state index in [2.05, 4.69) is 5.32 Å². The minimum absolute atomic E-state index is 0.0608. The third-order valence-electron chi connectivity index (χ3n) is 5.02. The number of sulfonamides is 1. The van der Waals surface area contributed by atoms with Crippen molar-refractivity contribution in [3.63, 3.8) is 0 Å². The number of anilines is 1. The zero-order valence-electron chi connectivity index (χ0n) is 18.5. The topological polar surface area (TPSA) is 84.9 Å². The summed E-state index contributed by atoms with van der Waals surface area (Å²) >= 11 is 6.30. The van der Waals surface area contributed by atoms with Gasteiger partial charge in [0.1, 0.15) is 6.54 Å². The molecule has 0 spiro atoms. The molecule has 3 rings (SSSR count). The quantitative estimate of drug-likeness (QED) is 0.481. The third-order valence-corrected chi connectivity index (χ3v) is 7.12. The maximum atomic E-state index is 13.4. The van der Waals surface area contributed by atoms with Gasteiger partial charge in [0, 0.05) is 0 Å². The summed E-state index contributed by atoms with van der Waals surface area (Å²) in [5.74, 6) is 0.607. The van der Waals surface area contributed by atoms with Crippen LogP contribution >= 0.6 is 11.6 Å². The van der Waals surface area contributed by atoms with E-state index in [1.54, 1.807) is 74.7 Å². The van der Waals surface area contributed by atoms with Crippen molar-refractivity contribution < 1.29 is 22.7 Å². The molecule has 0 unspecified atom stereocenters. The number of amides is 1. The van der Waals surface area contributed by atoms with E-state index >= 15 is 0 Å². The van der Waals surface area contributed by atoms with Crippen LogP contribution in [0.3, 0.4) is 0 Å². The van der Waals surface area contributed by atoms with Crippen molar-refractivity contribution in [2.24, 2.45) is 0 Å². The molecular formula is C24H25ClN2O5S. The summed E-state index contributed by atoms with van der Waals surface area (Å²) in [6.07, 6.45) is 0. The fraction of sp³-hybridized carbons (Fsp3) is 0.208. The lowest BCUT2D eigenvalue weighted by atomic mass is 10.1. The molecule has 0 heterocycles. The molecule has 0 aliphatic heterocycles. The molecule has 33 heavy (non-hydrogen) atoms. The third kappa shape index (κ3) is 5.58. The molecule has 174 valence electrons. The Labute approximate surface area is 198 Å². The zero-order valence-corrected chi connectivity index (χ0v) is 20.1. The number of para-hydroxylation sites is 1. The number of carbonyl (C=O) groups is 1. The van der Waals surface area contributed by atoms with Crippen LogP contribution in [0.1, 0.15) is 18.5 Å². The zero-order chi connectivity index (χ0) is 24.0. The van der Waals surface area contributed by atoms with Crippen molar-refractivity contribution in [3.05, 3.63) is 83.4 Å². The van der Waals surface area contributed by atoms with Crippen molar-refractivity contribution in [1.82, 2.24) is 5.32 Å². The summed E-state index contributed by atoms with van der Waals surface area (Å²) in [4.78, 5) is 13.0. The molecule has 0 aliphatic rings. The predicted molar refractivity (Wildman–Crippen MR) is 129 cm³/mol. The molecule has 0 aliphatic carbocycles. The highest BCUT2D eigenvalue weighted by molar-refractivity contribution is 7.92. The summed E-state index contributed by atoms with van der Waals surface area (Å²) in [6, 6.07) is 19.3. The van der Waals surface area contributed by atoms with Crippen LogP contribution in [0.25, 0.3) is 0 Å². The second kappa shape index (κ2) is 10.6. The maximum absolute atomic E-state index is 13.4. The van der Waals surface area contributed by atoms with Crippen LogP contribution in [-0.2, 0) is 14.8 Å². The molecule has 9 heteroatoms. The number of benzene rings is 3. The van der Waals surface area contributed by atoms with E-state index in [-0.39, 0.29) is 15.6 Å². The first kappa shape index (κ1) is 24.4. The van der Waals surface area contributed by atoms with Crippen LogP contribution in [0, 0.1) is 0 Å². The van der Waals surface area contributed by atoms with Gasteiger partial charge in [-0.1, -0.05) is 48.0 Å². The highest BCUT2D eigenvalue weighted by Gasteiger charge is 2.29. The molecule has 0 saturated heterocycles. The highest BCUT2D eigenvalue weighted by Crippen LogP contribution is 2.31. The summed E-state index contributed by atoms with van der Waals surface area (Å²) < 4.78 is 38.4. The number of nitrogens with one attached hydrogen (secondary N) is 1. The van der Waals surface area contributed by atoms with Crippen LogP contribution in [-0.4, -0.2) is 35.1 Å². The van der Waals surface area contributed by atoms with E-state index in [4.69, 9.17) is 21.1 Å². The van der Waals surface area contributed by atoms with Crippen molar-refractivity contribution in [2.75, 3.05) is 25.1 Å². The van der Waals surface area contributed by atoms with Crippen LogP contribution in [0.4, 0.5) is 5.69 Å². The van der Waals surface area contributed by atoms with Gasteiger partial charge in [-0.05, 0) is 48.9 Å². The Morgan fingerprint density at radius 1 is 0.970 bits per heavy atom. The fourth-order valence-corrected chi connectivity index (χ4v) is 5.05. The Morgan fingerprint density at radius 3 is 2.24 bits per heavy atom. The Balaban J connectivity index is 1.87. The average Bonchev–Trinajstić information content (AvgIpc) is 2.83. The van der Waals surface area contributed by atoms with Crippen molar-refractivity contribution in [3.8, 4) is 11.5 Å². The minimum atomic E-state index is -4.04. The SMILES string of the molecule is COc1ccc([C@@H](C)NC(=O)CN(c2ccccc2Cl)S(=O)(=O)c2ccccc2)cc1OC. The standard InChI is InChI=1S/C24H25ClN2O5S/c1-17(18-13-14-22(31-2)23(15-18)32-3)26-24(28)16-27(21-12-8-7-11-20(21)25)33(29,30)19-9-5-4-6-10-19/h4-15,17H,16H2,1-3H3,(H,26,28)/t17-/m1/s1. The van der Waals surface area contributed by atoms with Gasteiger partial charge in [-0.3, -0.25) is 9.10 Å². The van der Waals surface area contributed by atoms with Gasteiger partial charge in [0.2, 0.25) is 5.91 Å². The minimum Gasteiger partial charge on any atom is -0.493 e. The monoisotopic (exact) mass is 488 g/mol. The Bertz CT molecular complexity index is 1220. The number of hydrogen-bond acceptors (Lipinski definition) is 5. The first-order valence-electron chi connectivity index (χ1n) is 10.1. The number of hydrogen-bond donors (Lipinski definition) is 1. The number of carbonyl (C=O) groups excluding carboxylic acids is 1. The molecule has 1 atom stereocenters. The normalized spacial score (nSPS) is 12.0. The summed E-state index contributed by atoms with van der Waals surface area (Å²) in [5.41, 5.74) is 0.994. The van der Waals surface area contributed by atoms with Gasteiger partial charge in [0.05, 0.1) is 35.9 Å². The van der Waals surface area contributed by atoms with Crippen LogP contribution in [0.2, 0.25) is 5.02 Å². The van der Waals surface area contributed by atoms with Gasteiger partial charge in [-0.25, -0.2) is 8.42 Å². The van der Waals surface area contributed by atoms with Crippen LogP contribution in [0.5, 0.6) is 11.5 Å². The van der Waals surface area contributed by atoms with Crippen LogP contribution in [0.15, 0.2) is 77.7 Å². The van der Waals surface area contributed by atoms with E-state index in [1.807, 2.05) is 0 Å². The maximum Gasteiger partial charge on any atom is 0.264 e.